The lowest BCUT2D eigenvalue weighted by molar-refractivity contribution is -0.142. The molecule has 1 rings (SSSR count). The second kappa shape index (κ2) is 10.4. The minimum Gasteiger partial charge on any atom is -0.480 e. The van der Waals surface area contributed by atoms with Gasteiger partial charge in [0.25, 0.3) is 0 Å². The third-order valence-electron chi connectivity index (χ3n) is 3.57. The summed E-state index contributed by atoms with van der Waals surface area (Å²) in [7, 11) is 1.38. The molecular formula is C19H28N2O6. The molecule has 0 radical (unpaired) electrons. The number of benzene rings is 1. The van der Waals surface area contributed by atoms with E-state index in [-0.39, 0.29) is 19.6 Å². The molecule has 0 aromatic heterocycles. The summed E-state index contributed by atoms with van der Waals surface area (Å²) >= 11 is 0. The van der Waals surface area contributed by atoms with Gasteiger partial charge in [-0.25, -0.2) is 14.4 Å². The van der Waals surface area contributed by atoms with Gasteiger partial charge in [-0.15, -0.1) is 0 Å². The molecule has 8 nitrogen and oxygen atoms in total. The number of hydrogen-bond donors (Lipinski definition) is 2. The summed E-state index contributed by atoms with van der Waals surface area (Å²) < 4.78 is 10.3. The maximum absolute atomic E-state index is 12.1. The van der Waals surface area contributed by atoms with Gasteiger partial charge in [-0.1, -0.05) is 30.3 Å². The lowest BCUT2D eigenvalue weighted by Crippen LogP contribution is -2.43. The molecule has 0 heterocycles. The molecule has 8 heteroatoms. The van der Waals surface area contributed by atoms with Gasteiger partial charge in [0.05, 0.1) is 0 Å². The second-order valence-electron chi connectivity index (χ2n) is 7.08. The van der Waals surface area contributed by atoms with Gasteiger partial charge in [0, 0.05) is 13.6 Å². The van der Waals surface area contributed by atoms with Crippen molar-refractivity contribution in [1.82, 2.24) is 10.2 Å². The molecule has 1 atom stereocenters. The van der Waals surface area contributed by atoms with E-state index in [0.29, 0.717) is 6.42 Å². The highest BCUT2D eigenvalue weighted by Gasteiger charge is 2.27. The molecule has 0 aliphatic rings. The van der Waals surface area contributed by atoms with Crippen LogP contribution in [0.25, 0.3) is 0 Å². The van der Waals surface area contributed by atoms with Crippen molar-refractivity contribution in [2.45, 2.75) is 51.9 Å². The number of ether oxygens (including phenoxy) is 2. The monoisotopic (exact) mass is 380 g/mol. The Bertz CT molecular complexity index is 627. The zero-order valence-corrected chi connectivity index (χ0v) is 16.2. The molecular weight excluding hydrogens is 352 g/mol. The smallest absolute Gasteiger partial charge is 0.410 e. The van der Waals surface area contributed by atoms with Crippen molar-refractivity contribution >= 4 is 18.2 Å². The lowest BCUT2D eigenvalue weighted by atomic mass is 10.1. The highest BCUT2D eigenvalue weighted by molar-refractivity contribution is 5.79. The van der Waals surface area contributed by atoms with Crippen LogP contribution in [-0.2, 0) is 20.9 Å². The van der Waals surface area contributed by atoms with Crippen molar-refractivity contribution in [3.05, 3.63) is 35.9 Å². The van der Waals surface area contributed by atoms with Crippen LogP contribution < -0.4 is 5.32 Å². The van der Waals surface area contributed by atoms with Gasteiger partial charge >= 0.3 is 18.2 Å². The minimum absolute atomic E-state index is 0.0660. The summed E-state index contributed by atoms with van der Waals surface area (Å²) in [4.78, 5) is 36.2. The lowest BCUT2D eigenvalue weighted by Gasteiger charge is -2.24. The first kappa shape index (κ1) is 22.3. The quantitative estimate of drug-likeness (QED) is 0.672. The fraction of sp³-hybridized carbons (Fsp3) is 0.526. The van der Waals surface area contributed by atoms with E-state index in [4.69, 9.17) is 9.47 Å². The van der Waals surface area contributed by atoms with Crippen LogP contribution in [0.3, 0.4) is 0 Å². The molecule has 27 heavy (non-hydrogen) atoms. The molecule has 0 bridgehead atoms. The average molecular weight is 380 g/mol. The third-order valence-corrected chi connectivity index (χ3v) is 3.57. The number of alkyl carbamates (subject to hydrolysis) is 1. The van der Waals surface area contributed by atoms with E-state index < -0.39 is 29.8 Å². The Balaban J connectivity index is 2.43. The summed E-state index contributed by atoms with van der Waals surface area (Å²) in [6.45, 7) is 5.57. The number of carboxylic acid groups (broad SMARTS) is 1. The summed E-state index contributed by atoms with van der Waals surface area (Å²) in [5.41, 5.74) is 0.212. The fourth-order valence-electron chi connectivity index (χ4n) is 2.23. The first-order chi connectivity index (χ1) is 12.6. The van der Waals surface area contributed by atoms with Crippen LogP contribution in [0.2, 0.25) is 0 Å². The average Bonchev–Trinajstić information content (AvgIpc) is 2.58. The molecule has 0 aliphatic heterocycles. The van der Waals surface area contributed by atoms with Crippen LogP contribution in [0, 0.1) is 0 Å². The number of rotatable bonds is 8. The topological polar surface area (TPSA) is 105 Å². The van der Waals surface area contributed by atoms with Crippen molar-refractivity contribution in [2.24, 2.45) is 0 Å². The Hall–Kier alpha value is -2.77. The molecule has 0 fully saturated rings. The maximum atomic E-state index is 12.1. The van der Waals surface area contributed by atoms with Crippen LogP contribution in [0.1, 0.15) is 39.2 Å². The Morgan fingerprint density at radius 2 is 1.81 bits per heavy atom. The largest absolute Gasteiger partial charge is 0.480 e. The van der Waals surface area contributed by atoms with Crippen LogP contribution in [-0.4, -0.2) is 53.4 Å². The predicted molar refractivity (Wildman–Crippen MR) is 99.3 cm³/mol. The van der Waals surface area contributed by atoms with Crippen LogP contribution in [0.4, 0.5) is 9.59 Å². The minimum atomic E-state index is -1.13. The van der Waals surface area contributed by atoms with Crippen molar-refractivity contribution in [2.75, 3.05) is 13.6 Å². The molecule has 2 amide bonds. The number of hydrogen-bond acceptors (Lipinski definition) is 5. The SMILES string of the molecule is CN(C(=O)OCc1ccccc1)[C@@H](CCCNC(=O)OC(C)(C)C)C(=O)O. The van der Waals surface area contributed by atoms with Gasteiger partial charge in [0.15, 0.2) is 0 Å². The van der Waals surface area contributed by atoms with Crippen molar-refractivity contribution in [3.63, 3.8) is 0 Å². The normalized spacial score (nSPS) is 12.0. The van der Waals surface area contributed by atoms with Gasteiger partial charge in [0.2, 0.25) is 0 Å². The van der Waals surface area contributed by atoms with Gasteiger partial charge in [-0.2, -0.15) is 0 Å². The molecule has 0 aliphatic carbocycles. The predicted octanol–water partition coefficient (Wildman–Crippen LogP) is 3.01. The summed E-state index contributed by atoms with van der Waals surface area (Å²) in [6.07, 6.45) is -0.745. The van der Waals surface area contributed by atoms with Gasteiger partial charge in [-0.05, 0) is 39.2 Å². The Morgan fingerprint density at radius 3 is 2.37 bits per heavy atom. The fourth-order valence-corrected chi connectivity index (χ4v) is 2.23. The van der Waals surface area contributed by atoms with Crippen molar-refractivity contribution < 1.29 is 29.0 Å². The zero-order chi connectivity index (χ0) is 20.4. The van der Waals surface area contributed by atoms with E-state index in [1.165, 1.54) is 7.05 Å². The van der Waals surface area contributed by atoms with E-state index in [1.54, 1.807) is 20.8 Å². The van der Waals surface area contributed by atoms with E-state index in [1.807, 2.05) is 30.3 Å². The number of nitrogens with zero attached hydrogens (tertiary/aromatic N) is 1. The highest BCUT2D eigenvalue weighted by atomic mass is 16.6. The number of likely N-dealkylation sites (N-methyl/N-ethyl adjacent to an activating group) is 1. The number of carboxylic acids is 1. The molecule has 1 aromatic rings. The van der Waals surface area contributed by atoms with Gasteiger partial charge < -0.3 is 19.9 Å². The van der Waals surface area contributed by atoms with E-state index >= 15 is 0 Å². The molecule has 150 valence electrons. The van der Waals surface area contributed by atoms with Crippen molar-refractivity contribution in [1.29, 1.82) is 0 Å². The van der Waals surface area contributed by atoms with Crippen molar-refractivity contribution in [3.8, 4) is 0 Å². The number of nitrogens with one attached hydrogen (secondary N) is 1. The van der Waals surface area contributed by atoms with Crippen LogP contribution >= 0.6 is 0 Å². The first-order valence-corrected chi connectivity index (χ1v) is 8.73. The van der Waals surface area contributed by atoms with E-state index in [2.05, 4.69) is 5.32 Å². The van der Waals surface area contributed by atoms with Gasteiger partial charge in [0.1, 0.15) is 18.2 Å². The summed E-state index contributed by atoms with van der Waals surface area (Å²) in [5.74, 6) is -1.13. The molecule has 0 unspecified atom stereocenters. The highest BCUT2D eigenvalue weighted by Crippen LogP contribution is 2.10. The molecule has 0 saturated heterocycles. The maximum Gasteiger partial charge on any atom is 0.410 e. The van der Waals surface area contributed by atoms with E-state index in [9.17, 15) is 19.5 Å². The van der Waals surface area contributed by atoms with Crippen LogP contribution in [0.5, 0.6) is 0 Å². The summed E-state index contributed by atoms with van der Waals surface area (Å²) in [5, 5.41) is 11.9. The Labute approximate surface area is 159 Å². The standard InChI is InChI=1S/C19H28N2O6/c1-19(2,3)27-17(24)20-12-8-11-15(16(22)23)21(4)18(25)26-13-14-9-6-5-7-10-14/h5-7,9-10,15H,8,11-13H2,1-4H3,(H,20,24)(H,22,23)/t15-/m0/s1. The number of aliphatic carboxylic acids is 1. The second-order valence-corrected chi connectivity index (χ2v) is 7.08. The van der Waals surface area contributed by atoms with E-state index in [0.717, 1.165) is 10.5 Å². The molecule has 1 aromatic carbocycles. The van der Waals surface area contributed by atoms with Crippen LogP contribution in [0.15, 0.2) is 30.3 Å². The summed E-state index contributed by atoms with van der Waals surface area (Å²) in [6, 6.07) is 8.07. The first-order valence-electron chi connectivity index (χ1n) is 8.73. The third kappa shape index (κ3) is 8.94. The molecule has 0 spiro atoms. The Kier molecular flexibility index (Phi) is 8.58. The zero-order valence-electron chi connectivity index (χ0n) is 16.2. The Morgan fingerprint density at radius 1 is 1.19 bits per heavy atom. The van der Waals surface area contributed by atoms with Gasteiger partial charge in [-0.3, -0.25) is 4.90 Å². The number of amides is 2. The number of carbonyl (C=O) groups is 3. The molecule has 0 saturated carbocycles. The number of carbonyl (C=O) groups excluding carboxylic acids is 2. The molecule has 2 N–H and O–H groups in total.